The van der Waals surface area contributed by atoms with Gasteiger partial charge < -0.3 is 19.5 Å². The number of rotatable bonds is 5. The summed E-state index contributed by atoms with van der Waals surface area (Å²) >= 11 is 3.30. The highest BCUT2D eigenvalue weighted by Crippen LogP contribution is 2.29. The number of methoxy groups -OCH3 is 3. The van der Waals surface area contributed by atoms with Crippen molar-refractivity contribution < 1.29 is 23.8 Å². The van der Waals surface area contributed by atoms with E-state index < -0.39 is 11.9 Å². The zero-order valence-electron chi connectivity index (χ0n) is 13.4. The molecule has 0 spiro atoms. The van der Waals surface area contributed by atoms with Crippen LogP contribution in [0.15, 0.2) is 40.9 Å². The van der Waals surface area contributed by atoms with Crippen LogP contribution in [-0.4, -0.2) is 33.2 Å². The largest absolute Gasteiger partial charge is 0.496 e. The Labute approximate surface area is 147 Å². The van der Waals surface area contributed by atoms with E-state index in [-0.39, 0.29) is 5.56 Å². The van der Waals surface area contributed by atoms with E-state index in [0.29, 0.717) is 27.2 Å². The molecule has 0 aromatic heterocycles. The van der Waals surface area contributed by atoms with E-state index in [2.05, 4.69) is 21.2 Å². The summed E-state index contributed by atoms with van der Waals surface area (Å²) in [5, 5.41) is 2.73. The van der Waals surface area contributed by atoms with Gasteiger partial charge in [0.05, 0.1) is 26.9 Å². The molecule has 2 aromatic carbocycles. The van der Waals surface area contributed by atoms with Gasteiger partial charge in [0, 0.05) is 10.2 Å². The van der Waals surface area contributed by atoms with E-state index in [4.69, 9.17) is 14.2 Å². The third-order valence-corrected chi connectivity index (χ3v) is 3.69. The number of ether oxygens (including phenoxy) is 3. The number of carbonyl (C=O) groups is 2. The first kappa shape index (κ1) is 17.8. The van der Waals surface area contributed by atoms with Crippen LogP contribution in [0.2, 0.25) is 0 Å². The summed E-state index contributed by atoms with van der Waals surface area (Å²) in [6.45, 7) is 0. The number of esters is 1. The molecule has 2 rings (SSSR count). The molecule has 0 unspecified atom stereocenters. The van der Waals surface area contributed by atoms with Crippen molar-refractivity contribution in [3.8, 4) is 11.5 Å². The maximum absolute atomic E-state index is 12.6. The van der Waals surface area contributed by atoms with E-state index in [0.717, 1.165) is 0 Å². The van der Waals surface area contributed by atoms with Crippen LogP contribution < -0.4 is 14.8 Å². The minimum Gasteiger partial charge on any atom is -0.496 e. The first-order valence-corrected chi connectivity index (χ1v) is 7.70. The Hall–Kier alpha value is -2.54. The lowest BCUT2D eigenvalue weighted by Crippen LogP contribution is -2.15. The summed E-state index contributed by atoms with van der Waals surface area (Å²) < 4.78 is 15.8. The second-order valence-corrected chi connectivity index (χ2v) is 5.63. The number of hydrogen-bond acceptors (Lipinski definition) is 5. The van der Waals surface area contributed by atoms with Gasteiger partial charge in [-0.2, -0.15) is 0 Å². The van der Waals surface area contributed by atoms with Gasteiger partial charge in [-0.1, -0.05) is 22.0 Å². The first-order valence-electron chi connectivity index (χ1n) is 6.91. The number of amides is 1. The topological polar surface area (TPSA) is 73.9 Å². The summed E-state index contributed by atoms with van der Waals surface area (Å²) in [4.78, 5) is 24.3. The third-order valence-electron chi connectivity index (χ3n) is 3.23. The van der Waals surface area contributed by atoms with Gasteiger partial charge in [-0.25, -0.2) is 4.79 Å². The van der Waals surface area contributed by atoms with Crippen LogP contribution in [-0.2, 0) is 4.74 Å². The zero-order valence-corrected chi connectivity index (χ0v) is 15.0. The fraction of sp³-hybridized carbons (Fsp3) is 0.176. The maximum atomic E-state index is 12.6. The summed E-state index contributed by atoms with van der Waals surface area (Å²) in [7, 11) is 4.24. The molecule has 0 heterocycles. The van der Waals surface area contributed by atoms with Crippen LogP contribution in [0.5, 0.6) is 11.5 Å². The van der Waals surface area contributed by atoms with E-state index >= 15 is 0 Å². The van der Waals surface area contributed by atoms with Crippen LogP contribution >= 0.6 is 15.9 Å². The molecule has 1 N–H and O–H groups in total. The van der Waals surface area contributed by atoms with Gasteiger partial charge in [0.1, 0.15) is 17.1 Å². The average molecular weight is 394 g/mol. The number of carbonyl (C=O) groups excluding carboxylic acids is 2. The Morgan fingerprint density at radius 3 is 2.17 bits per heavy atom. The van der Waals surface area contributed by atoms with Gasteiger partial charge in [-0.05, 0) is 30.3 Å². The second-order valence-electron chi connectivity index (χ2n) is 4.71. The molecular formula is C17H16BrNO5. The van der Waals surface area contributed by atoms with Crippen LogP contribution in [0.1, 0.15) is 20.7 Å². The van der Waals surface area contributed by atoms with Crippen molar-refractivity contribution in [2.75, 3.05) is 26.6 Å². The van der Waals surface area contributed by atoms with Crippen molar-refractivity contribution in [1.82, 2.24) is 0 Å². The first-order chi connectivity index (χ1) is 11.5. The minimum absolute atomic E-state index is 0.266. The van der Waals surface area contributed by atoms with Crippen molar-refractivity contribution in [3.63, 3.8) is 0 Å². The monoisotopic (exact) mass is 393 g/mol. The van der Waals surface area contributed by atoms with Gasteiger partial charge in [-0.15, -0.1) is 0 Å². The lowest BCUT2D eigenvalue weighted by molar-refractivity contribution is 0.0600. The standard InChI is InChI=1S/C17H16BrNO5/c1-22-13-5-4-6-14(23-2)15(13)16(20)19-12-8-10(17(21)24-3)7-11(18)9-12/h4-9H,1-3H3,(H,19,20). The minimum atomic E-state index is -0.498. The summed E-state index contributed by atoms with van der Waals surface area (Å²) in [5.74, 6) is -0.148. The Kier molecular flexibility index (Phi) is 5.81. The molecule has 0 fully saturated rings. The second kappa shape index (κ2) is 7.83. The van der Waals surface area contributed by atoms with Gasteiger partial charge in [0.25, 0.3) is 5.91 Å². The molecule has 2 aromatic rings. The van der Waals surface area contributed by atoms with Gasteiger partial charge in [0.15, 0.2) is 0 Å². The molecule has 0 aliphatic carbocycles. The highest BCUT2D eigenvalue weighted by Gasteiger charge is 2.19. The molecule has 0 bridgehead atoms. The van der Waals surface area contributed by atoms with E-state index in [1.165, 1.54) is 27.4 Å². The van der Waals surface area contributed by atoms with Crippen molar-refractivity contribution in [2.45, 2.75) is 0 Å². The molecule has 6 nitrogen and oxygen atoms in total. The fourth-order valence-corrected chi connectivity index (χ4v) is 2.66. The van der Waals surface area contributed by atoms with Crippen molar-refractivity contribution in [2.24, 2.45) is 0 Å². The number of benzene rings is 2. The molecular weight excluding hydrogens is 378 g/mol. The summed E-state index contributed by atoms with van der Waals surface area (Å²) in [6, 6.07) is 9.85. The Morgan fingerprint density at radius 2 is 1.62 bits per heavy atom. The molecule has 0 radical (unpaired) electrons. The average Bonchev–Trinajstić information content (AvgIpc) is 2.59. The van der Waals surface area contributed by atoms with Crippen molar-refractivity contribution >= 4 is 33.5 Å². The highest BCUT2D eigenvalue weighted by atomic mass is 79.9. The molecule has 7 heteroatoms. The van der Waals surface area contributed by atoms with Crippen LogP contribution in [0.25, 0.3) is 0 Å². The van der Waals surface area contributed by atoms with Crippen LogP contribution in [0.4, 0.5) is 5.69 Å². The Balaban J connectivity index is 2.37. The highest BCUT2D eigenvalue weighted by molar-refractivity contribution is 9.10. The lowest BCUT2D eigenvalue weighted by Gasteiger charge is -2.13. The Bertz CT molecular complexity index is 753. The molecule has 24 heavy (non-hydrogen) atoms. The number of hydrogen-bond donors (Lipinski definition) is 1. The number of halogens is 1. The SMILES string of the molecule is COC(=O)c1cc(Br)cc(NC(=O)c2c(OC)cccc2OC)c1. The number of anilines is 1. The molecule has 0 saturated heterocycles. The lowest BCUT2D eigenvalue weighted by atomic mass is 10.1. The predicted octanol–water partition coefficient (Wildman–Crippen LogP) is 3.51. The molecule has 0 aliphatic heterocycles. The molecule has 0 aliphatic rings. The maximum Gasteiger partial charge on any atom is 0.337 e. The zero-order chi connectivity index (χ0) is 17.7. The van der Waals surface area contributed by atoms with E-state index in [1.54, 1.807) is 30.3 Å². The van der Waals surface area contributed by atoms with Gasteiger partial charge >= 0.3 is 5.97 Å². The molecule has 126 valence electrons. The summed E-state index contributed by atoms with van der Waals surface area (Å²) in [6.07, 6.45) is 0. The van der Waals surface area contributed by atoms with Crippen molar-refractivity contribution in [3.05, 3.63) is 52.0 Å². The van der Waals surface area contributed by atoms with Crippen molar-refractivity contribution in [1.29, 1.82) is 0 Å². The normalized spacial score (nSPS) is 10.0. The Morgan fingerprint density at radius 1 is 1.00 bits per heavy atom. The fourth-order valence-electron chi connectivity index (χ4n) is 2.17. The molecule has 0 atom stereocenters. The smallest absolute Gasteiger partial charge is 0.337 e. The quantitative estimate of drug-likeness (QED) is 0.786. The van der Waals surface area contributed by atoms with Crippen LogP contribution in [0, 0.1) is 0 Å². The predicted molar refractivity (Wildman–Crippen MR) is 93.0 cm³/mol. The van der Waals surface area contributed by atoms with Gasteiger partial charge in [0.2, 0.25) is 0 Å². The third kappa shape index (κ3) is 3.86. The molecule has 1 amide bonds. The van der Waals surface area contributed by atoms with E-state index in [1.807, 2.05) is 0 Å². The van der Waals surface area contributed by atoms with Gasteiger partial charge in [-0.3, -0.25) is 4.79 Å². The van der Waals surface area contributed by atoms with E-state index in [9.17, 15) is 9.59 Å². The summed E-state index contributed by atoms with van der Waals surface area (Å²) in [5.41, 5.74) is 1.01. The number of nitrogens with one attached hydrogen (secondary N) is 1. The van der Waals surface area contributed by atoms with Crippen LogP contribution in [0.3, 0.4) is 0 Å². The molecule has 0 saturated carbocycles.